The van der Waals surface area contributed by atoms with Crippen LogP contribution in [0.5, 0.6) is 5.75 Å². The van der Waals surface area contributed by atoms with E-state index in [0.717, 1.165) is 10.9 Å². The number of rotatable bonds is 3. The van der Waals surface area contributed by atoms with Crippen LogP contribution in [0.2, 0.25) is 0 Å². The maximum atomic E-state index is 13.0. The van der Waals surface area contributed by atoms with Crippen LogP contribution < -0.4 is 10.1 Å². The van der Waals surface area contributed by atoms with E-state index in [1.165, 1.54) is 18.3 Å². The van der Waals surface area contributed by atoms with Crippen molar-refractivity contribution in [2.45, 2.75) is 0 Å². The Morgan fingerprint density at radius 3 is 2.57 bits per heavy atom. The number of hydrogen-bond donors (Lipinski definition) is 1. The van der Waals surface area contributed by atoms with Gasteiger partial charge >= 0.3 is 0 Å². The summed E-state index contributed by atoms with van der Waals surface area (Å²) < 4.78 is 18.2. The van der Waals surface area contributed by atoms with Crippen LogP contribution in [0.25, 0.3) is 10.9 Å². The minimum atomic E-state index is -0.313. The van der Waals surface area contributed by atoms with E-state index < -0.39 is 0 Å². The van der Waals surface area contributed by atoms with E-state index in [9.17, 15) is 9.65 Å². The molecule has 0 saturated heterocycles. The third-order valence-corrected chi connectivity index (χ3v) is 3.31. The number of anilines is 2. The monoisotopic (exact) mass is 329 g/mol. The molecule has 0 aliphatic rings. The Kier molecular flexibility index (Phi) is 4.99. The maximum Gasteiger partial charge on any atom is 0.123 e. The van der Waals surface area contributed by atoms with E-state index in [-0.39, 0.29) is 18.2 Å². The smallest absolute Gasteiger partial charge is 0.123 e. The number of fused-ring (bicyclic) bond motifs is 1. The number of nitrogens with zero attached hydrogens (tertiary/aromatic N) is 2. The Hall–Kier alpha value is -2.84. The van der Waals surface area contributed by atoms with Gasteiger partial charge < -0.3 is 10.1 Å². The molecule has 0 unspecified atom stereocenters. The van der Waals surface area contributed by atoms with Crippen molar-refractivity contribution >= 4 is 34.7 Å². The van der Waals surface area contributed by atoms with Crippen LogP contribution in [-0.4, -0.2) is 12.1 Å². The van der Waals surface area contributed by atoms with Crippen molar-refractivity contribution in [3.05, 3.63) is 60.0 Å². The quantitative estimate of drug-likeness (QED) is 0.772. The highest BCUT2D eigenvalue weighted by Crippen LogP contribution is 2.31. The lowest BCUT2D eigenvalue weighted by atomic mass is 10.1. The summed E-state index contributed by atoms with van der Waals surface area (Å²) in [6, 6.07) is 13.5. The first kappa shape index (κ1) is 16.5. The third-order valence-electron chi connectivity index (χ3n) is 3.31. The summed E-state index contributed by atoms with van der Waals surface area (Å²) in [5.41, 5.74) is 2.46. The first-order valence-electron chi connectivity index (χ1n) is 6.60. The van der Waals surface area contributed by atoms with Crippen LogP contribution in [0.3, 0.4) is 0 Å². The van der Waals surface area contributed by atoms with Crippen molar-refractivity contribution in [2.75, 3.05) is 12.4 Å². The average molecular weight is 330 g/mol. The molecular formula is C17H13ClFN3O. The zero-order valence-electron chi connectivity index (χ0n) is 12.2. The Morgan fingerprint density at radius 1 is 1.17 bits per heavy atom. The van der Waals surface area contributed by atoms with E-state index in [1.54, 1.807) is 19.2 Å². The second-order valence-electron chi connectivity index (χ2n) is 4.67. The molecule has 23 heavy (non-hydrogen) atoms. The zero-order valence-corrected chi connectivity index (χ0v) is 13.0. The van der Waals surface area contributed by atoms with Crippen molar-refractivity contribution in [3.8, 4) is 11.8 Å². The summed E-state index contributed by atoms with van der Waals surface area (Å²) >= 11 is 0. The molecule has 0 aliphatic heterocycles. The summed E-state index contributed by atoms with van der Waals surface area (Å²) in [6.45, 7) is 0. The van der Waals surface area contributed by atoms with Crippen molar-refractivity contribution in [2.24, 2.45) is 0 Å². The van der Waals surface area contributed by atoms with Crippen LogP contribution >= 0.6 is 12.4 Å². The lowest BCUT2D eigenvalue weighted by molar-refractivity contribution is 0.415. The Balaban J connectivity index is 0.00000192. The Morgan fingerprint density at radius 2 is 1.91 bits per heavy atom. The van der Waals surface area contributed by atoms with Crippen LogP contribution in [0, 0.1) is 17.1 Å². The van der Waals surface area contributed by atoms with E-state index in [0.29, 0.717) is 22.7 Å². The Bertz CT molecular complexity index is 875. The molecule has 3 rings (SSSR count). The van der Waals surface area contributed by atoms with Crippen molar-refractivity contribution in [1.29, 1.82) is 5.26 Å². The van der Waals surface area contributed by atoms with Gasteiger partial charge in [0.1, 0.15) is 17.6 Å². The molecule has 0 radical (unpaired) electrons. The zero-order chi connectivity index (χ0) is 15.5. The molecule has 2 aromatic carbocycles. The van der Waals surface area contributed by atoms with Crippen LogP contribution in [0.4, 0.5) is 15.8 Å². The highest BCUT2D eigenvalue weighted by Gasteiger charge is 2.10. The van der Waals surface area contributed by atoms with Crippen LogP contribution in [0.1, 0.15) is 5.56 Å². The van der Waals surface area contributed by atoms with Gasteiger partial charge in [0, 0.05) is 17.3 Å². The first-order valence-corrected chi connectivity index (χ1v) is 6.60. The van der Waals surface area contributed by atoms with Gasteiger partial charge in [-0.1, -0.05) is 0 Å². The second-order valence-corrected chi connectivity index (χ2v) is 4.67. The standard InChI is InChI=1S/C17H12FN3O.ClH/c1-22-14-6-7-16-15(8-14)17(11(9-19)10-20-16)21-13-4-2-12(18)3-5-13;/h2-8,10H,1H3,(H,20,21);1H. The number of benzene rings is 2. The van der Waals surface area contributed by atoms with Gasteiger partial charge in [-0.05, 0) is 42.5 Å². The van der Waals surface area contributed by atoms with Gasteiger partial charge in [0.05, 0.1) is 23.9 Å². The van der Waals surface area contributed by atoms with Crippen molar-refractivity contribution in [1.82, 2.24) is 4.98 Å². The Labute approximate surface area is 138 Å². The number of ether oxygens (including phenoxy) is 1. The van der Waals surface area contributed by atoms with E-state index in [1.807, 2.05) is 18.2 Å². The number of nitriles is 1. The van der Waals surface area contributed by atoms with E-state index >= 15 is 0 Å². The molecular weight excluding hydrogens is 317 g/mol. The molecule has 1 N–H and O–H groups in total. The highest BCUT2D eigenvalue weighted by atomic mass is 35.5. The fourth-order valence-corrected chi connectivity index (χ4v) is 2.20. The fourth-order valence-electron chi connectivity index (χ4n) is 2.20. The molecule has 0 bridgehead atoms. The predicted octanol–water partition coefficient (Wildman–Crippen LogP) is 4.42. The summed E-state index contributed by atoms with van der Waals surface area (Å²) in [4.78, 5) is 4.27. The highest BCUT2D eigenvalue weighted by molar-refractivity contribution is 5.96. The minimum Gasteiger partial charge on any atom is -0.497 e. The summed E-state index contributed by atoms with van der Waals surface area (Å²) in [5.74, 6) is 0.360. The average Bonchev–Trinajstić information content (AvgIpc) is 2.56. The molecule has 6 heteroatoms. The molecule has 0 atom stereocenters. The van der Waals surface area contributed by atoms with Gasteiger partial charge in [0.15, 0.2) is 0 Å². The number of nitrogens with one attached hydrogen (secondary N) is 1. The van der Waals surface area contributed by atoms with E-state index in [2.05, 4.69) is 16.4 Å². The molecule has 0 saturated carbocycles. The van der Waals surface area contributed by atoms with Gasteiger partial charge in [-0.15, -0.1) is 12.4 Å². The van der Waals surface area contributed by atoms with Gasteiger partial charge in [-0.3, -0.25) is 4.98 Å². The summed E-state index contributed by atoms with van der Waals surface area (Å²) in [6.07, 6.45) is 1.51. The molecule has 0 aliphatic carbocycles. The topological polar surface area (TPSA) is 57.9 Å². The molecule has 0 amide bonds. The third kappa shape index (κ3) is 3.33. The largest absolute Gasteiger partial charge is 0.497 e. The number of methoxy groups -OCH3 is 1. The fraction of sp³-hybridized carbons (Fsp3) is 0.0588. The van der Waals surface area contributed by atoms with Crippen LogP contribution in [-0.2, 0) is 0 Å². The molecule has 0 fully saturated rings. The summed E-state index contributed by atoms with van der Waals surface area (Å²) in [5, 5.41) is 13.2. The molecule has 4 nitrogen and oxygen atoms in total. The van der Waals surface area contributed by atoms with Gasteiger partial charge in [0.25, 0.3) is 0 Å². The summed E-state index contributed by atoms with van der Waals surface area (Å²) in [7, 11) is 1.58. The number of aromatic nitrogens is 1. The molecule has 1 aromatic heterocycles. The van der Waals surface area contributed by atoms with Crippen molar-refractivity contribution < 1.29 is 9.13 Å². The number of pyridine rings is 1. The van der Waals surface area contributed by atoms with Gasteiger partial charge in [0.2, 0.25) is 0 Å². The van der Waals surface area contributed by atoms with E-state index in [4.69, 9.17) is 4.74 Å². The molecule has 1 heterocycles. The lowest BCUT2D eigenvalue weighted by Crippen LogP contribution is -1.97. The van der Waals surface area contributed by atoms with Crippen molar-refractivity contribution in [3.63, 3.8) is 0 Å². The molecule has 116 valence electrons. The maximum absolute atomic E-state index is 13.0. The second kappa shape index (κ2) is 6.95. The lowest BCUT2D eigenvalue weighted by Gasteiger charge is -2.12. The molecule has 3 aromatic rings. The van der Waals surface area contributed by atoms with Gasteiger partial charge in [-0.25, -0.2) is 4.39 Å². The first-order chi connectivity index (χ1) is 10.7. The normalized spacial score (nSPS) is 9.78. The number of halogens is 2. The molecule has 0 spiro atoms. The SMILES string of the molecule is COc1ccc2ncc(C#N)c(Nc3ccc(F)cc3)c2c1.Cl. The number of hydrogen-bond acceptors (Lipinski definition) is 4. The predicted molar refractivity (Wildman–Crippen MR) is 89.9 cm³/mol. The van der Waals surface area contributed by atoms with Crippen LogP contribution in [0.15, 0.2) is 48.7 Å². The minimum absolute atomic E-state index is 0. The van der Waals surface area contributed by atoms with Gasteiger partial charge in [-0.2, -0.15) is 5.26 Å².